The van der Waals surface area contributed by atoms with Gasteiger partial charge in [0.15, 0.2) is 11.5 Å². The number of amides is 4. The van der Waals surface area contributed by atoms with E-state index in [2.05, 4.69) is 41.7 Å². The van der Waals surface area contributed by atoms with E-state index in [9.17, 15) is 32.3 Å². The molecule has 5 N–H and O–H groups in total. The molecule has 0 unspecified atom stereocenters. The minimum absolute atomic E-state index is 0.0207. The van der Waals surface area contributed by atoms with Gasteiger partial charge in [-0.15, -0.1) is 0 Å². The van der Waals surface area contributed by atoms with Gasteiger partial charge in [-0.1, -0.05) is 11.6 Å². The molecule has 0 saturated heterocycles. The number of hydrogen-bond donors (Lipinski definition) is 5. The van der Waals surface area contributed by atoms with Crippen molar-refractivity contribution in [3.05, 3.63) is 52.7 Å². The maximum Gasteiger partial charge on any atom is 0.435 e. The Morgan fingerprint density at radius 2 is 1.77 bits per heavy atom. The lowest BCUT2D eigenvalue weighted by atomic mass is 9.86. The molecule has 254 valence electrons. The van der Waals surface area contributed by atoms with Gasteiger partial charge in [0.2, 0.25) is 0 Å². The van der Waals surface area contributed by atoms with Crippen LogP contribution in [0.3, 0.4) is 0 Å². The molecule has 19 heteroatoms. The Hall–Kier alpha value is -5.15. The molecule has 2 fully saturated rings. The van der Waals surface area contributed by atoms with E-state index in [-0.39, 0.29) is 63.6 Å². The molecule has 2 aromatic heterocycles. The first-order chi connectivity index (χ1) is 22.9. The van der Waals surface area contributed by atoms with Gasteiger partial charge in [0.1, 0.15) is 6.54 Å². The summed E-state index contributed by atoms with van der Waals surface area (Å²) in [7, 11) is 1.36. The van der Waals surface area contributed by atoms with Crippen molar-refractivity contribution in [2.45, 2.75) is 69.0 Å². The highest BCUT2D eigenvalue weighted by Gasteiger charge is 2.39. The molecule has 2 aliphatic carbocycles. The lowest BCUT2D eigenvalue weighted by molar-refractivity contribution is -0.141. The first kappa shape index (κ1) is 34.2. The molecule has 2 heterocycles. The number of alkyl halides is 3. The average molecular weight is 691 g/mol. The van der Waals surface area contributed by atoms with Gasteiger partial charge in [-0.05, 0) is 50.3 Å². The Morgan fingerprint density at radius 1 is 1.08 bits per heavy atom. The second-order valence-electron chi connectivity index (χ2n) is 11.4. The highest BCUT2D eigenvalue weighted by atomic mass is 35.5. The SMILES string of the molecule is Cn1c(-c2cn(CC#N)nc2C(F)(F)F)cnc1C(=O)Nc1ccc(C(=O)NC2CC(NC(=O)N[C@@H]3CC[C@H](NOC=O)C3)C2)c(Cl)c1. The van der Waals surface area contributed by atoms with Crippen molar-refractivity contribution in [1.82, 2.24) is 40.8 Å². The van der Waals surface area contributed by atoms with Crippen LogP contribution in [0.15, 0.2) is 30.6 Å². The van der Waals surface area contributed by atoms with Crippen LogP contribution in [0.4, 0.5) is 23.7 Å². The Kier molecular flexibility index (Phi) is 10.2. The first-order valence-electron chi connectivity index (χ1n) is 14.7. The summed E-state index contributed by atoms with van der Waals surface area (Å²) < 4.78 is 42.9. The summed E-state index contributed by atoms with van der Waals surface area (Å²) in [5.41, 5.74) is 1.38. The summed E-state index contributed by atoms with van der Waals surface area (Å²) in [5.74, 6) is -1.40. The number of benzene rings is 1. The van der Waals surface area contributed by atoms with Gasteiger partial charge >= 0.3 is 18.7 Å². The van der Waals surface area contributed by atoms with E-state index in [0.717, 1.165) is 29.9 Å². The molecule has 15 nitrogen and oxygen atoms in total. The van der Waals surface area contributed by atoms with Gasteiger partial charge < -0.3 is 30.7 Å². The third-order valence-corrected chi connectivity index (χ3v) is 8.37. The Bertz CT molecular complexity index is 1750. The van der Waals surface area contributed by atoms with Crippen LogP contribution in [-0.4, -0.2) is 67.8 Å². The van der Waals surface area contributed by atoms with Crippen molar-refractivity contribution in [1.29, 1.82) is 5.26 Å². The third kappa shape index (κ3) is 7.86. The molecule has 2 saturated carbocycles. The molecule has 0 spiro atoms. The summed E-state index contributed by atoms with van der Waals surface area (Å²) >= 11 is 6.35. The van der Waals surface area contributed by atoms with Gasteiger partial charge in [0, 0.05) is 43.1 Å². The number of halogens is 4. The lowest BCUT2D eigenvalue weighted by Crippen LogP contribution is -2.56. The van der Waals surface area contributed by atoms with E-state index >= 15 is 0 Å². The highest BCUT2D eigenvalue weighted by Crippen LogP contribution is 2.36. The van der Waals surface area contributed by atoms with Crippen molar-refractivity contribution in [3.63, 3.8) is 0 Å². The molecule has 2 atom stereocenters. The molecular formula is C29H30ClF3N10O5. The Balaban J connectivity index is 1.12. The number of hydrogen-bond acceptors (Lipinski definition) is 9. The minimum Gasteiger partial charge on any atom is -0.373 e. The number of aromatic nitrogens is 4. The Morgan fingerprint density at radius 3 is 2.46 bits per heavy atom. The zero-order valence-electron chi connectivity index (χ0n) is 25.3. The second-order valence-corrected chi connectivity index (χ2v) is 11.8. The average Bonchev–Trinajstić information content (AvgIpc) is 3.73. The van der Waals surface area contributed by atoms with E-state index in [4.69, 9.17) is 16.9 Å². The second kappa shape index (κ2) is 14.3. The molecule has 4 amide bonds. The normalized spacial score (nSPS) is 20.2. The number of hydroxylamine groups is 1. The lowest BCUT2D eigenvalue weighted by Gasteiger charge is -2.36. The molecular weight excluding hydrogens is 661 g/mol. The zero-order valence-corrected chi connectivity index (χ0v) is 26.1. The predicted octanol–water partition coefficient (Wildman–Crippen LogP) is 2.89. The molecule has 5 rings (SSSR count). The predicted molar refractivity (Wildman–Crippen MR) is 162 cm³/mol. The van der Waals surface area contributed by atoms with Gasteiger partial charge in [-0.3, -0.25) is 19.1 Å². The van der Waals surface area contributed by atoms with Gasteiger partial charge in [0.25, 0.3) is 11.8 Å². The van der Waals surface area contributed by atoms with Crippen LogP contribution < -0.4 is 26.7 Å². The van der Waals surface area contributed by atoms with Crippen molar-refractivity contribution in [2.75, 3.05) is 5.32 Å². The van der Waals surface area contributed by atoms with Gasteiger partial charge in [-0.25, -0.2) is 9.78 Å². The van der Waals surface area contributed by atoms with E-state index in [1.807, 2.05) is 0 Å². The number of nitrogens with one attached hydrogen (secondary N) is 5. The highest BCUT2D eigenvalue weighted by molar-refractivity contribution is 6.34. The van der Waals surface area contributed by atoms with Gasteiger partial charge in [-0.2, -0.15) is 29.0 Å². The fraction of sp³-hybridized carbons (Fsp3) is 0.414. The number of anilines is 1. The zero-order chi connectivity index (χ0) is 34.6. The number of imidazole rings is 1. The van der Waals surface area contributed by atoms with E-state index in [0.29, 0.717) is 25.7 Å². The Labute approximate surface area is 276 Å². The quantitative estimate of drug-likeness (QED) is 0.148. The van der Waals surface area contributed by atoms with Crippen LogP contribution in [0.1, 0.15) is 58.8 Å². The van der Waals surface area contributed by atoms with Crippen molar-refractivity contribution in [2.24, 2.45) is 7.05 Å². The molecule has 0 bridgehead atoms. The van der Waals surface area contributed by atoms with Crippen LogP contribution in [0.2, 0.25) is 5.02 Å². The minimum atomic E-state index is -4.81. The molecule has 2 aliphatic rings. The smallest absolute Gasteiger partial charge is 0.373 e. The van der Waals surface area contributed by atoms with Crippen LogP contribution in [-0.2, 0) is 29.4 Å². The number of nitrogens with zero attached hydrogens (tertiary/aromatic N) is 5. The van der Waals surface area contributed by atoms with Crippen LogP contribution in [0, 0.1) is 11.3 Å². The summed E-state index contributed by atoms with van der Waals surface area (Å²) in [6, 6.07) is 5.24. The maximum absolute atomic E-state index is 13.6. The summed E-state index contributed by atoms with van der Waals surface area (Å²) in [6.45, 7) is -0.0884. The number of carbonyl (C=O) groups excluding carboxylic acids is 4. The topological polar surface area (TPSA) is 197 Å². The molecule has 48 heavy (non-hydrogen) atoms. The summed E-state index contributed by atoms with van der Waals surface area (Å²) in [4.78, 5) is 57.1. The largest absolute Gasteiger partial charge is 0.435 e. The summed E-state index contributed by atoms with van der Waals surface area (Å²) in [6.07, 6.45) is 0.509. The van der Waals surface area contributed by atoms with Crippen molar-refractivity contribution < 1.29 is 37.2 Å². The van der Waals surface area contributed by atoms with E-state index in [1.165, 1.54) is 29.8 Å². The first-order valence-corrected chi connectivity index (χ1v) is 15.1. The fourth-order valence-corrected chi connectivity index (χ4v) is 5.95. The van der Waals surface area contributed by atoms with Crippen molar-refractivity contribution in [3.8, 4) is 17.3 Å². The molecule has 3 aromatic rings. The van der Waals surface area contributed by atoms with Crippen LogP contribution in [0.25, 0.3) is 11.3 Å². The number of nitriles is 1. The number of carbonyl (C=O) groups is 4. The number of rotatable bonds is 11. The summed E-state index contributed by atoms with van der Waals surface area (Å²) in [5, 5.41) is 23.6. The van der Waals surface area contributed by atoms with E-state index in [1.54, 1.807) is 6.07 Å². The monoisotopic (exact) mass is 690 g/mol. The molecule has 0 aliphatic heterocycles. The fourth-order valence-electron chi connectivity index (χ4n) is 5.68. The van der Waals surface area contributed by atoms with Gasteiger partial charge in [0.05, 0.1) is 34.1 Å². The number of urea groups is 1. The molecule has 1 aromatic carbocycles. The molecule has 0 radical (unpaired) electrons. The van der Waals surface area contributed by atoms with E-state index < -0.39 is 30.2 Å². The third-order valence-electron chi connectivity index (χ3n) is 8.06. The maximum atomic E-state index is 13.6. The standard InChI is InChI=1S/C29H30ClF3N10O5/c1-42-23(21-13-43(7-6-34)40-24(21)29(31,32)33)12-35-25(42)27(46)36-16-4-5-20(22(30)11-16)26(45)37-18-9-19(10-18)39-28(47)38-15-2-3-17(8-15)41-48-14-44/h4-5,11-15,17-19,41H,2-3,7-10H2,1H3,(H,36,46)(H,37,45)(H2,38,39,47)/t15-,17+,18?,19?/m1/s1. The van der Waals surface area contributed by atoms with Crippen molar-refractivity contribution >= 4 is 41.6 Å². The van der Waals surface area contributed by atoms with Crippen LogP contribution in [0.5, 0.6) is 0 Å². The van der Waals surface area contributed by atoms with Crippen LogP contribution >= 0.6 is 11.6 Å².